The van der Waals surface area contributed by atoms with Gasteiger partial charge in [0.1, 0.15) is 0 Å². The Morgan fingerprint density at radius 3 is 2.94 bits per heavy atom. The summed E-state index contributed by atoms with van der Waals surface area (Å²) in [6.07, 6.45) is 7.09. The summed E-state index contributed by atoms with van der Waals surface area (Å²) in [5.41, 5.74) is 0. The van der Waals surface area contributed by atoms with Crippen molar-refractivity contribution in [2.24, 2.45) is 5.92 Å². The molecule has 0 aromatic carbocycles. The van der Waals surface area contributed by atoms with Crippen LogP contribution >= 0.6 is 0 Å². The number of piperidine rings is 1. The van der Waals surface area contributed by atoms with Gasteiger partial charge in [-0.3, -0.25) is 0 Å². The highest BCUT2D eigenvalue weighted by Gasteiger charge is 2.32. The van der Waals surface area contributed by atoms with E-state index in [4.69, 9.17) is 4.74 Å². The van der Waals surface area contributed by atoms with Gasteiger partial charge in [0.05, 0.1) is 12.2 Å². The number of allylic oxidation sites excluding steroid dienone is 2. The van der Waals surface area contributed by atoms with Crippen LogP contribution in [0.15, 0.2) is 12.2 Å². The largest absolute Gasteiger partial charge is 0.393 e. The van der Waals surface area contributed by atoms with Crippen LogP contribution in [0.3, 0.4) is 0 Å². The molecule has 1 heterocycles. The fraction of sp³-hybridized carbons (Fsp3) is 0.846. The number of methoxy groups -OCH3 is 1. The van der Waals surface area contributed by atoms with Gasteiger partial charge >= 0.3 is 0 Å². The summed E-state index contributed by atoms with van der Waals surface area (Å²) in [6.45, 7) is 3.96. The number of likely N-dealkylation sites (tertiary alicyclic amines) is 1. The van der Waals surface area contributed by atoms with E-state index in [1.165, 1.54) is 0 Å². The van der Waals surface area contributed by atoms with Crippen molar-refractivity contribution >= 4 is 0 Å². The smallest absolute Gasteiger partial charge is 0.0639 e. The van der Waals surface area contributed by atoms with E-state index >= 15 is 0 Å². The Morgan fingerprint density at radius 2 is 2.31 bits per heavy atom. The maximum absolute atomic E-state index is 10.0. The van der Waals surface area contributed by atoms with E-state index in [-0.39, 0.29) is 18.1 Å². The minimum atomic E-state index is -0.202. The van der Waals surface area contributed by atoms with Crippen molar-refractivity contribution in [2.75, 3.05) is 27.2 Å². The molecule has 3 heteroatoms. The van der Waals surface area contributed by atoms with Gasteiger partial charge in [0, 0.05) is 26.1 Å². The third-order valence-corrected chi connectivity index (χ3v) is 3.46. The summed E-state index contributed by atoms with van der Waals surface area (Å²) in [7, 11) is 3.86. The third-order valence-electron chi connectivity index (χ3n) is 3.46. The fourth-order valence-corrected chi connectivity index (χ4v) is 2.44. The van der Waals surface area contributed by atoms with E-state index in [0.29, 0.717) is 0 Å². The number of hydrogen-bond acceptors (Lipinski definition) is 3. The molecule has 0 amide bonds. The molecule has 1 fully saturated rings. The van der Waals surface area contributed by atoms with Crippen LogP contribution in [0.1, 0.15) is 26.2 Å². The zero-order valence-electron chi connectivity index (χ0n) is 10.7. The molecule has 1 aliphatic heterocycles. The van der Waals surface area contributed by atoms with E-state index in [0.717, 1.165) is 32.4 Å². The summed E-state index contributed by atoms with van der Waals surface area (Å²) < 4.78 is 5.53. The van der Waals surface area contributed by atoms with Crippen molar-refractivity contribution in [1.29, 1.82) is 0 Å². The predicted molar refractivity (Wildman–Crippen MR) is 66.5 cm³/mol. The van der Waals surface area contributed by atoms with Gasteiger partial charge in [-0.05, 0) is 33.2 Å². The van der Waals surface area contributed by atoms with Gasteiger partial charge in [-0.25, -0.2) is 0 Å². The van der Waals surface area contributed by atoms with Crippen LogP contribution in [0.2, 0.25) is 0 Å². The molecule has 1 saturated heterocycles. The molecule has 0 aromatic heterocycles. The average Bonchev–Trinajstić information content (AvgIpc) is 2.28. The van der Waals surface area contributed by atoms with Gasteiger partial charge in [0.2, 0.25) is 0 Å². The third kappa shape index (κ3) is 3.89. The van der Waals surface area contributed by atoms with E-state index in [1.807, 2.05) is 6.92 Å². The highest BCUT2D eigenvalue weighted by Crippen LogP contribution is 2.24. The van der Waals surface area contributed by atoms with Gasteiger partial charge in [0.25, 0.3) is 0 Å². The number of aliphatic hydroxyl groups excluding tert-OH is 1. The van der Waals surface area contributed by atoms with Crippen LogP contribution in [-0.4, -0.2) is 49.5 Å². The lowest BCUT2D eigenvalue weighted by Crippen LogP contribution is -2.47. The summed E-state index contributed by atoms with van der Waals surface area (Å²) in [5.74, 6) is 0.258. The van der Waals surface area contributed by atoms with Gasteiger partial charge in [-0.15, -0.1) is 0 Å². The van der Waals surface area contributed by atoms with Crippen molar-refractivity contribution < 1.29 is 9.84 Å². The lowest BCUT2D eigenvalue weighted by Gasteiger charge is -2.38. The first-order chi connectivity index (χ1) is 7.69. The molecule has 1 N–H and O–H groups in total. The molecule has 16 heavy (non-hydrogen) atoms. The summed E-state index contributed by atoms with van der Waals surface area (Å²) >= 11 is 0. The van der Waals surface area contributed by atoms with Crippen LogP contribution in [0, 0.1) is 5.92 Å². The molecule has 3 nitrogen and oxygen atoms in total. The molecule has 0 aromatic rings. The molecule has 0 aliphatic carbocycles. The highest BCUT2D eigenvalue weighted by atomic mass is 16.5. The van der Waals surface area contributed by atoms with Crippen LogP contribution < -0.4 is 0 Å². The van der Waals surface area contributed by atoms with Crippen LogP contribution in [0.5, 0.6) is 0 Å². The molecule has 1 rings (SSSR count). The predicted octanol–water partition coefficient (Wildman–Crippen LogP) is 1.67. The highest BCUT2D eigenvalue weighted by molar-refractivity contribution is 4.86. The lowest BCUT2D eigenvalue weighted by atomic mass is 9.87. The Kier molecular flexibility index (Phi) is 6.03. The van der Waals surface area contributed by atoms with Crippen molar-refractivity contribution in [3.8, 4) is 0 Å². The Hall–Kier alpha value is -0.380. The monoisotopic (exact) mass is 227 g/mol. The molecule has 3 unspecified atom stereocenters. The van der Waals surface area contributed by atoms with Crippen LogP contribution in [0.4, 0.5) is 0 Å². The van der Waals surface area contributed by atoms with Crippen molar-refractivity contribution in [1.82, 2.24) is 4.90 Å². The lowest BCUT2D eigenvalue weighted by molar-refractivity contribution is -0.0528. The maximum atomic E-state index is 10.0. The standard InChI is InChI=1S/C13H25NO2/c1-4-5-6-7-13(16-3)11-10-14(2)9-8-12(11)15/h4-5,11-13,15H,6-10H2,1-3H3/b5-4+. The number of nitrogens with zero attached hydrogens (tertiary/aromatic N) is 1. The first-order valence-electron chi connectivity index (χ1n) is 6.19. The van der Waals surface area contributed by atoms with Gasteiger partial charge in [-0.1, -0.05) is 12.2 Å². The molecule has 94 valence electrons. The van der Waals surface area contributed by atoms with Crippen LogP contribution in [-0.2, 0) is 4.74 Å². The van der Waals surface area contributed by atoms with E-state index in [9.17, 15) is 5.11 Å². The normalized spacial score (nSPS) is 29.8. The minimum Gasteiger partial charge on any atom is -0.393 e. The Labute approximate surface area is 99.1 Å². The summed E-state index contributed by atoms with van der Waals surface area (Å²) in [5, 5.41) is 10.0. The van der Waals surface area contributed by atoms with Gasteiger partial charge in [-0.2, -0.15) is 0 Å². The van der Waals surface area contributed by atoms with Crippen molar-refractivity contribution in [3.05, 3.63) is 12.2 Å². The van der Waals surface area contributed by atoms with Gasteiger partial charge < -0.3 is 14.7 Å². The molecule has 0 bridgehead atoms. The van der Waals surface area contributed by atoms with E-state index in [2.05, 4.69) is 24.1 Å². The van der Waals surface area contributed by atoms with Gasteiger partial charge in [0.15, 0.2) is 0 Å². The zero-order valence-corrected chi connectivity index (χ0v) is 10.7. The maximum Gasteiger partial charge on any atom is 0.0639 e. The molecular weight excluding hydrogens is 202 g/mol. The quantitative estimate of drug-likeness (QED) is 0.725. The molecular formula is C13H25NO2. The topological polar surface area (TPSA) is 32.7 Å². The number of ether oxygens (including phenoxy) is 1. The van der Waals surface area contributed by atoms with Crippen molar-refractivity contribution in [2.45, 2.75) is 38.4 Å². The average molecular weight is 227 g/mol. The SMILES string of the molecule is C/C=C/CCC(OC)C1CN(C)CCC1O. The minimum absolute atomic E-state index is 0.175. The van der Waals surface area contributed by atoms with Crippen LogP contribution in [0.25, 0.3) is 0 Å². The fourth-order valence-electron chi connectivity index (χ4n) is 2.44. The first kappa shape index (κ1) is 13.7. The van der Waals surface area contributed by atoms with E-state index < -0.39 is 0 Å². The number of hydrogen-bond donors (Lipinski definition) is 1. The Bertz CT molecular complexity index is 218. The molecule has 3 atom stereocenters. The number of rotatable bonds is 5. The van der Waals surface area contributed by atoms with E-state index in [1.54, 1.807) is 7.11 Å². The zero-order chi connectivity index (χ0) is 12.0. The summed E-state index contributed by atoms with van der Waals surface area (Å²) in [6, 6.07) is 0. The second-order valence-corrected chi connectivity index (χ2v) is 4.70. The second kappa shape index (κ2) is 7.05. The first-order valence-corrected chi connectivity index (χ1v) is 6.19. The molecule has 0 saturated carbocycles. The molecule has 1 aliphatic rings. The Morgan fingerprint density at radius 1 is 1.56 bits per heavy atom. The number of aliphatic hydroxyl groups is 1. The van der Waals surface area contributed by atoms with Crippen molar-refractivity contribution in [3.63, 3.8) is 0 Å². The Balaban J connectivity index is 2.48. The molecule has 0 radical (unpaired) electrons. The summed E-state index contributed by atoms with van der Waals surface area (Å²) in [4.78, 5) is 2.28. The second-order valence-electron chi connectivity index (χ2n) is 4.70. The molecule has 0 spiro atoms.